The zero-order chi connectivity index (χ0) is 14.8. The van der Waals surface area contributed by atoms with Crippen molar-refractivity contribution in [1.29, 1.82) is 0 Å². The van der Waals surface area contributed by atoms with Crippen molar-refractivity contribution >= 4 is 5.82 Å². The number of rotatable bonds is 3. The lowest BCUT2D eigenvalue weighted by molar-refractivity contribution is 0.546. The molecule has 2 aromatic heterocycles. The highest BCUT2D eigenvalue weighted by atomic mass is 15.0. The van der Waals surface area contributed by atoms with Crippen LogP contribution in [0, 0.1) is 6.92 Å². The van der Waals surface area contributed by atoms with Gasteiger partial charge in [0.15, 0.2) is 0 Å². The molecule has 0 saturated heterocycles. The van der Waals surface area contributed by atoms with Crippen LogP contribution < -0.4 is 5.32 Å². The molecule has 0 radical (unpaired) electrons. The topological polar surface area (TPSA) is 50.7 Å². The van der Waals surface area contributed by atoms with Gasteiger partial charge in [-0.25, -0.2) is 9.97 Å². The van der Waals surface area contributed by atoms with E-state index < -0.39 is 0 Å². The predicted octanol–water partition coefficient (Wildman–Crippen LogP) is 3.58. The van der Waals surface area contributed by atoms with Gasteiger partial charge in [0.05, 0.1) is 5.69 Å². The molecule has 0 aliphatic carbocycles. The molecule has 0 unspecified atom stereocenters. The van der Waals surface area contributed by atoms with E-state index in [0.29, 0.717) is 0 Å². The Balaban J connectivity index is 2.51. The lowest BCUT2D eigenvalue weighted by Gasteiger charge is -2.19. The van der Waals surface area contributed by atoms with E-state index >= 15 is 0 Å². The molecule has 4 nitrogen and oxygen atoms in total. The third-order valence-corrected chi connectivity index (χ3v) is 2.96. The van der Waals surface area contributed by atoms with Crippen LogP contribution in [0.15, 0.2) is 24.4 Å². The van der Waals surface area contributed by atoms with Crippen LogP contribution in [0.4, 0.5) is 5.82 Å². The van der Waals surface area contributed by atoms with Gasteiger partial charge in [0.1, 0.15) is 11.6 Å². The fraction of sp³-hybridized carbons (Fsp3) is 0.438. The molecule has 0 fully saturated rings. The van der Waals surface area contributed by atoms with Crippen LogP contribution >= 0.6 is 0 Å². The fourth-order valence-electron chi connectivity index (χ4n) is 1.82. The first-order chi connectivity index (χ1) is 9.40. The average molecular weight is 270 g/mol. The largest absolute Gasteiger partial charge is 0.370 e. The lowest BCUT2D eigenvalue weighted by atomic mass is 9.95. The number of nitrogens with zero attached hydrogens (tertiary/aromatic N) is 3. The maximum Gasteiger partial charge on any atom is 0.136 e. The molecule has 0 saturated carbocycles. The standard InChI is InChI=1S/C16H22N4/c1-6-17-14-9-13(12-8-7-11(2)18-10-12)19-15(20-14)16(3,4)5/h7-10H,6H2,1-5H3,(H,17,19,20). The van der Waals surface area contributed by atoms with E-state index in [1.165, 1.54) is 0 Å². The second-order valence-electron chi connectivity index (χ2n) is 5.93. The van der Waals surface area contributed by atoms with Crippen LogP contribution in [0.1, 0.15) is 39.2 Å². The Kier molecular flexibility index (Phi) is 4.02. The van der Waals surface area contributed by atoms with Crippen LogP contribution in [0.25, 0.3) is 11.3 Å². The summed E-state index contributed by atoms with van der Waals surface area (Å²) in [6, 6.07) is 6.03. The Morgan fingerprint density at radius 2 is 1.90 bits per heavy atom. The number of nitrogens with one attached hydrogen (secondary N) is 1. The monoisotopic (exact) mass is 270 g/mol. The highest BCUT2D eigenvalue weighted by molar-refractivity contribution is 5.61. The predicted molar refractivity (Wildman–Crippen MR) is 82.9 cm³/mol. The summed E-state index contributed by atoms with van der Waals surface area (Å²) >= 11 is 0. The van der Waals surface area contributed by atoms with Crippen LogP contribution in [0.2, 0.25) is 0 Å². The van der Waals surface area contributed by atoms with Crippen LogP contribution in [0.3, 0.4) is 0 Å². The van der Waals surface area contributed by atoms with Crippen LogP contribution in [-0.4, -0.2) is 21.5 Å². The van der Waals surface area contributed by atoms with Crippen molar-refractivity contribution in [2.75, 3.05) is 11.9 Å². The number of aromatic nitrogens is 3. The highest BCUT2D eigenvalue weighted by Crippen LogP contribution is 2.25. The molecule has 2 aromatic rings. The van der Waals surface area contributed by atoms with Gasteiger partial charge in [0.25, 0.3) is 0 Å². The molecule has 0 bridgehead atoms. The first-order valence-corrected chi connectivity index (χ1v) is 6.96. The molecule has 0 spiro atoms. The molecule has 106 valence electrons. The van der Waals surface area contributed by atoms with Gasteiger partial charge in [0, 0.05) is 35.5 Å². The minimum atomic E-state index is -0.0850. The maximum atomic E-state index is 4.70. The molecule has 0 atom stereocenters. The van der Waals surface area contributed by atoms with E-state index in [4.69, 9.17) is 4.98 Å². The van der Waals surface area contributed by atoms with E-state index in [0.717, 1.165) is 35.1 Å². The normalized spacial score (nSPS) is 11.4. The number of aryl methyl sites for hydroxylation is 1. The number of hydrogen-bond acceptors (Lipinski definition) is 4. The van der Waals surface area contributed by atoms with Crippen molar-refractivity contribution in [2.45, 2.75) is 40.0 Å². The van der Waals surface area contributed by atoms with Gasteiger partial charge in [-0.15, -0.1) is 0 Å². The minimum Gasteiger partial charge on any atom is -0.370 e. The summed E-state index contributed by atoms with van der Waals surface area (Å²) in [5.41, 5.74) is 2.85. The zero-order valence-electron chi connectivity index (χ0n) is 12.9. The number of hydrogen-bond donors (Lipinski definition) is 1. The van der Waals surface area contributed by atoms with Gasteiger partial charge in [-0.2, -0.15) is 0 Å². The van der Waals surface area contributed by atoms with E-state index in [2.05, 4.69) is 43.0 Å². The van der Waals surface area contributed by atoms with E-state index in [1.54, 1.807) is 0 Å². The molecule has 0 amide bonds. The van der Waals surface area contributed by atoms with Gasteiger partial charge >= 0.3 is 0 Å². The molecule has 2 rings (SSSR count). The molecular weight excluding hydrogens is 248 g/mol. The van der Waals surface area contributed by atoms with Gasteiger partial charge in [-0.3, -0.25) is 4.98 Å². The summed E-state index contributed by atoms with van der Waals surface area (Å²) < 4.78 is 0. The third kappa shape index (κ3) is 3.32. The second-order valence-corrected chi connectivity index (χ2v) is 5.93. The SMILES string of the molecule is CCNc1cc(-c2ccc(C)nc2)nc(C(C)(C)C)n1. The van der Waals surface area contributed by atoms with E-state index in [1.807, 2.05) is 31.3 Å². The summed E-state index contributed by atoms with van der Waals surface area (Å²) in [4.78, 5) is 13.6. The third-order valence-electron chi connectivity index (χ3n) is 2.96. The first kappa shape index (κ1) is 14.4. The van der Waals surface area contributed by atoms with Crippen LogP contribution in [-0.2, 0) is 5.41 Å². The Bertz CT molecular complexity index is 582. The van der Waals surface area contributed by atoms with E-state index in [-0.39, 0.29) is 5.41 Å². The quantitative estimate of drug-likeness (QED) is 0.926. The highest BCUT2D eigenvalue weighted by Gasteiger charge is 2.19. The molecule has 1 N–H and O–H groups in total. The zero-order valence-corrected chi connectivity index (χ0v) is 12.9. The summed E-state index contributed by atoms with van der Waals surface area (Å²) in [6.07, 6.45) is 1.86. The molecule has 0 aliphatic heterocycles. The van der Waals surface area contributed by atoms with E-state index in [9.17, 15) is 0 Å². The van der Waals surface area contributed by atoms with Crippen molar-refractivity contribution in [1.82, 2.24) is 15.0 Å². The number of anilines is 1. The molecule has 4 heteroatoms. The Morgan fingerprint density at radius 3 is 2.45 bits per heavy atom. The van der Waals surface area contributed by atoms with Crippen molar-refractivity contribution in [3.05, 3.63) is 35.9 Å². The minimum absolute atomic E-state index is 0.0850. The molecule has 0 aromatic carbocycles. The lowest BCUT2D eigenvalue weighted by Crippen LogP contribution is -2.17. The van der Waals surface area contributed by atoms with Crippen molar-refractivity contribution < 1.29 is 0 Å². The van der Waals surface area contributed by atoms with Gasteiger partial charge < -0.3 is 5.32 Å². The first-order valence-electron chi connectivity index (χ1n) is 6.96. The Morgan fingerprint density at radius 1 is 1.15 bits per heavy atom. The summed E-state index contributed by atoms with van der Waals surface area (Å²) in [7, 11) is 0. The maximum absolute atomic E-state index is 4.70. The van der Waals surface area contributed by atoms with Gasteiger partial charge in [0.2, 0.25) is 0 Å². The summed E-state index contributed by atoms with van der Waals surface area (Å²) in [5, 5.41) is 3.27. The number of pyridine rings is 1. The van der Waals surface area contributed by atoms with Crippen LogP contribution in [0.5, 0.6) is 0 Å². The van der Waals surface area contributed by atoms with Gasteiger partial charge in [-0.05, 0) is 26.0 Å². The second kappa shape index (κ2) is 5.57. The smallest absolute Gasteiger partial charge is 0.136 e. The molecule has 2 heterocycles. The Hall–Kier alpha value is -1.97. The van der Waals surface area contributed by atoms with Crippen molar-refractivity contribution in [3.63, 3.8) is 0 Å². The average Bonchev–Trinajstić information content (AvgIpc) is 2.38. The molecular formula is C16H22N4. The molecule has 20 heavy (non-hydrogen) atoms. The Labute approximate surface area is 120 Å². The van der Waals surface area contributed by atoms with Crippen molar-refractivity contribution in [2.24, 2.45) is 0 Å². The van der Waals surface area contributed by atoms with Crippen molar-refractivity contribution in [3.8, 4) is 11.3 Å². The van der Waals surface area contributed by atoms with Gasteiger partial charge in [-0.1, -0.05) is 20.8 Å². The fourth-order valence-corrected chi connectivity index (χ4v) is 1.82. The summed E-state index contributed by atoms with van der Waals surface area (Å²) in [6.45, 7) is 11.2. The molecule has 0 aliphatic rings. The summed E-state index contributed by atoms with van der Waals surface area (Å²) in [5.74, 6) is 1.70.